The third-order valence-electron chi connectivity index (χ3n) is 6.93. The number of fused-ring (bicyclic) bond motifs is 3. The molecule has 2 N–H and O–H groups in total. The maximum absolute atomic E-state index is 5.95. The van der Waals surface area contributed by atoms with Crippen LogP contribution in [0.3, 0.4) is 0 Å². The number of piperidine rings is 1. The standard InChI is InChI=1S/C26H27N3O/c1-2-6-19(7-3-1)20-8-4-10-22(16-20)28-26-12-13-27-17-24(26)23-11-5-9-21-18-30-15-14-29(26)25(21)23/h1-11,16,24,27-28H,12-15,17-18H2/t24-,26-/m0/s1. The number of anilines is 2. The zero-order valence-electron chi connectivity index (χ0n) is 17.1. The van der Waals surface area contributed by atoms with E-state index in [0.29, 0.717) is 12.5 Å². The van der Waals surface area contributed by atoms with Crippen molar-refractivity contribution in [2.24, 2.45) is 0 Å². The Kier molecular flexibility index (Phi) is 4.29. The molecule has 0 unspecified atom stereocenters. The summed E-state index contributed by atoms with van der Waals surface area (Å²) in [6, 6.07) is 26.2. The summed E-state index contributed by atoms with van der Waals surface area (Å²) in [5.74, 6) is 0.416. The molecule has 4 nitrogen and oxygen atoms in total. The number of nitrogens with zero attached hydrogens (tertiary/aromatic N) is 1. The number of nitrogens with one attached hydrogen (secondary N) is 2. The molecule has 6 rings (SSSR count). The zero-order chi connectivity index (χ0) is 20.0. The topological polar surface area (TPSA) is 36.5 Å². The molecule has 3 aliphatic heterocycles. The Balaban J connectivity index is 1.43. The summed E-state index contributed by atoms with van der Waals surface area (Å²) in [5.41, 5.74) is 7.74. The number of hydrogen-bond acceptors (Lipinski definition) is 4. The van der Waals surface area contributed by atoms with Crippen LogP contribution in [-0.2, 0) is 11.3 Å². The molecule has 30 heavy (non-hydrogen) atoms. The van der Waals surface area contributed by atoms with Gasteiger partial charge in [-0.15, -0.1) is 0 Å². The highest BCUT2D eigenvalue weighted by Crippen LogP contribution is 2.52. The van der Waals surface area contributed by atoms with Gasteiger partial charge in [0.1, 0.15) is 5.66 Å². The minimum atomic E-state index is -0.118. The van der Waals surface area contributed by atoms with Crippen molar-refractivity contribution in [1.82, 2.24) is 5.32 Å². The van der Waals surface area contributed by atoms with E-state index in [-0.39, 0.29) is 5.66 Å². The number of benzene rings is 3. The lowest BCUT2D eigenvalue weighted by atomic mass is 9.83. The molecule has 3 aromatic rings. The Morgan fingerprint density at radius 1 is 0.967 bits per heavy atom. The van der Waals surface area contributed by atoms with E-state index in [4.69, 9.17) is 4.74 Å². The zero-order valence-corrected chi connectivity index (χ0v) is 17.1. The molecule has 0 aromatic heterocycles. The lowest BCUT2D eigenvalue weighted by Gasteiger charge is -2.47. The predicted octanol–water partition coefficient (Wildman–Crippen LogP) is 4.59. The normalized spacial score (nSPS) is 24.7. The average molecular weight is 398 g/mol. The second kappa shape index (κ2) is 7.15. The minimum Gasteiger partial charge on any atom is -0.375 e. The first-order chi connectivity index (χ1) is 14.9. The summed E-state index contributed by atoms with van der Waals surface area (Å²) in [5, 5.41) is 7.68. The predicted molar refractivity (Wildman–Crippen MR) is 122 cm³/mol. The van der Waals surface area contributed by atoms with Crippen LogP contribution in [0.15, 0.2) is 72.8 Å². The van der Waals surface area contributed by atoms with Crippen LogP contribution in [0.1, 0.15) is 23.5 Å². The smallest absolute Gasteiger partial charge is 0.120 e. The second-order valence-electron chi connectivity index (χ2n) is 8.56. The fourth-order valence-corrected chi connectivity index (χ4v) is 5.62. The molecular formula is C26H27N3O. The Labute approximate surface area is 177 Å². The summed E-state index contributed by atoms with van der Waals surface area (Å²) < 4.78 is 5.95. The first-order valence-corrected chi connectivity index (χ1v) is 11.0. The van der Waals surface area contributed by atoms with Gasteiger partial charge in [-0.3, -0.25) is 0 Å². The van der Waals surface area contributed by atoms with Crippen molar-refractivity contribution in [3.63, 3.8) is 0 Å². The quantitative estimate of drug-likeness (QED) is 0.678. The lowest BCUT2D eigenvalue weighted by molar-refractivity contribution is 0.128. The molecule has 4 heteroatoms. The van der Waals surface area contributed by atoms with E-state index < -0.39 is 0 Å². The van der Waals surface area contributed by atoms with Crippen molar-refractivity contribution < 1.29 is 4.74 Å². The van der Waals surface area contributed by atoms with Crippen LogP contribution >= 0.6 is 0 Å². The van der Waals surface area contributed by atoms with Crippen molar-refractivity contribution >= 4 is 11.4 Å². The van der Waals surface area contributed by atoms with Crippen LogP contribution in [0, 0.1) is 0 Å². The molecule has 3 heterocycles. The summed E-state index contributed by atoms with van der Waals surface area (Å²) >= 11 is 0. The lowest BCUT2D eigenvalue weighted by Crippen LogP contribution is -2.61. The van der Waals surface area contributed by atoms with Crippen LogP contribution in [0.2, 0.25) is 0 Å². The van der Waals surface area contributed by atoms with Gasteiger partial charge in [0.15, 0.2) is 0 Å². The van der Waals surface area contributed by atoms with Gasteiger partial charge in [-0.1, -0.05) is 60.7 Å². The van der Waals surface area contributed by atoms with Crippen molar-refractivity contribution in [2.75, 3.05) is 36.5 Å². The van der Waals surface area contributed by atoms with Crippen LogP contribution in [0.5, 0.6) is 0 Å². The Morgan fingerprint density at radius 2 is 1.83 bits per heavy atom. The molecule has 0 bridgehead atoms. The third kappa shape index (κ3) is 2.75. The molecule has 0 aliphatic carbocycles. The van der Waals surface area contributed by atoms with Crippen LogP contribution in [0.25, 0.3) is 11.1 Å². The first kappa shape index (κ1) is 18.0. The van der Waals surface area contributed by atoms with Gasteiger partial charge in [0.05, 0.1) is 13.2 Å². The molecule has 1 saturated heterocycles. The van der Waals surface area contributed by atoms with E-state index in [1.165, 1.54) is 33.6 Å². The van der Waals surface area contributed by atoms with Crippen molar-refractivity contribution in [3.8, 4) is 11.1 Å². The van der Waals surface area contributed by atoms with Gasteiger partial charge < -0.3 is 20.3 Å². The number of para-hydroxylation sites is 1. The molecule has 3 aromatic carbocycles. The average Bonchev–Trinajstić information content (AvgIpc) is 2.92. The van der Waals surface area contributed by atoms with Crippen molar-refractivity contribution in [2.45, 2.75) is 24.6 Å². The SMILES string of the molecule is c1ccc(-c2cccc(N[C@]34CCNC[C@H]3c3cccc5c3N4CCOC5)c2)cc1. The highest BCUT2D eigenvalue weighted by molar-refractivity contribution is 5.73. The van der Waals surface area contributed by atoms with E-state index in [2.05, 4.69) is 88.3 Å². The highest BCUT2D eigenvalue weighted by Gasteiger charge is 2.53. The Morgan fingerprint density at radius 3 is 2.77 bits per heavy atom. The number of ether oxygens (including phenoxy) is 1. The van der Waals surface area contributed by atoms with Gasteiger partial charge in [0.25, 0.3) is 0 Å². The summed E-state index contributed by atoms with van der Waals surface area (Å²) in [7, 11) is 0. The van der Waals surface area contributed by atoms with Crippen LogP contribution in [0.4, 0.5) is 11.4 Å². The van der Waals surface area contributed by atoms with Gasteiger partial charge in [0, 0.05) is 42.4 Å². The molecule has 0 saturated carbocycles. The fourth-order valence-electron chi connectivity index (χ4n) is 5.62. The van der Waals surface area contributed by atoms with Crippen molar-refractivity contribution in [3.05, 3.63) is 83.9 Å². The molecule has 0 amide bonds. The molecule has 3 aliphatic rings. The number of rotatable bonds is 3. The van der Waals surface area contributed by atoms with E-state index in [0.717, 1.165) is 32.7 Å². The van der Waals surface area contributed by atoms with E-state index in [1.54, 1.807) is 0 Å². The van der Waals surface area contributed by atoms with Gasteiger partial charge in [-0.05, 0) is 35.4 Å². The Hall–Kier alpha value is -2.82. The second-order valence-corrected chi connectivity index (χ2v) is 8.56. The molecule has 0 spiro atoms. The maximum atomic E-state index is 5.95. The van der Waals surface area contributed by atoms with Crippen molar-refractivity contribution in [1.29, 1.82) is 0 Å². The van der Waals surface area contributed by atoms with E-state index in [1.807, 2.05) is 0 Å². The molecule has 1 fully saturated rings. The first-order valence-electron chi connectivity index (χ1n) is 11.0. The number of hydrogen-bond donors (Lipinski definition) is 2. The summed E-state index contributed by atoms with van der Waals surface area (Å²) in [6.07, 6.45) is 1.06. The summed E-state index contributed by atoms with van der Waals surface area (Å²) in [4.78, 5) is 2.62. The Bertz CT molecular complexity index is 1070. The molecule has 152 valence electrons. The molecule has 0 radical (unpaired) electrons. The van der Waals surface area contributed by atoms with Gasteiger partial charge >= 0.3 is 0 Å². The monoisotopic (exact) mass is 397 g/mol. The molecule has 2 atom stereocenters. The molecular weight excluding hydrogens is 370 g/mol. The van der Waals surface area contributed by atoms with Gasteiger partial charge in [-0.2, -0.15) is 0 Å². The van der Waals surface area contributed by atoms with E-state index >= 15 is 0 Å². The fraction of sp³-hybridized carbons (Fsp3) is 0.308. The van der Waals surface area contributed by atoms with E-state index in [9.17, 15) is 0 Å². The van der Waals surface area contributed by atoms with Gasteiger partial charge in [-0.25, -0.2) is 0 Å². The largest absolute Gasteiger partial charge is 0.375 e. The van der Waals surface area contributed by atoms with Crippen LogP contribution in [-0.4, -0.2) is 31.9 Å². The highest BCUT2D eigenvalue weighted by atomic mass is 16.5. The minimum absolute atomic E-state index is 0.118. The van der Waals surface area contributed by atoms with Crippen LogP contribution < -0.4 is 15.5 Å². The summed E-state index contributed by atoms with van der Waals surface area (Å²) in [6.45, 7) is 4.41. The van der Waals surface area contributed by atoms with Gasteiger partial charge in [0.2, 0.25) is 0 Å². The third-order valence-corrected chi connectivity index (χ3v) is 6.93. The maximum Gasteiger partial charge on any atom is 0.120 e.